The fourth-order valence-electron chi connectivity index (χ4n) is 3.44. The highest BCUT2D eigenvalue weighted by Gasteiger charge is 2.31. The van der Waals surface area contributed by atoms with Crippen LogP contribution in [0.5, 0.6) is 0 Å². The highest BCUT2D eigenvalue weighted by molar-refractivity contribution is 6.35. The molecule has 5 N–H and O–H groups in total. The van der Waals surface area contributed by atoms with Crippen LogP contribution in [-0.2, 0) is 14.4 Å². The molecule has 1 aromatic carbocycles. The summed E-state index contributed by atoms with van der Waals surface area (Å²) in [7, 11) is 0. The van der Waals surface area contributed by atoms with E-state index in [-0.39, 0.29) is 24.6 Å². The summed E-state index contributed by atoms with van der Waals surface area (Å²) in [5.41, 5.74) is 0.860. The molecule has 2 heterocycles. The summed E-state index contributed by atoms with van der Waals surface area (Å²) in [4.78, 5) is 51.0. The van der Waals surface area contributed by atoms with Crippen molar-refractivity contribution >= 4 is 46.0 Å². The molecule has 0 radical (unpaired) electrons. The Morgan fingerprint density at radius 3 is 2.55 bits per heavy atom. The molecule has 1 saturated carbocycles. The number of ketones is 1. The highest BCUT2D eigenvalue weighted by atomic mass is 35.5. The Bertz CT molecular complexity index is 1030. The third-order valence-corrected chi connectivity index (χ3v) is 6.00. The molecule has 1 aliphatic heterocycles. The van der Waals surface area contributed by atoms with E-state index in [0.717, 1.165) is 11.3 Å². The quantitative estimate of drug-likeness (QED) is 0.393. The molecule has 2 aromatic rings. The van der Waals surface area contributed by atoms with Crippen molar-refractivity contribution in [2.45, 2.75) is 38.6 Å². The zero-order valence-corrected chi connectivity index (χ0v) is 19.2. The summed E-state index contributed by atoms with van der Waals surface area (Å²) in [6.07, 6.45) is 3.63. The van der Waals surface area contributed by atoms with Gasteiger partial charge >= 0.3 is 0 Å². The number of aromatic amines is 1. The van der Waals surface area contributed by atoms with E-state index in [0.29, 0.717) is 23.5 Å². The first-order chi connectivity index (χ1) is 15.8. The number of aliphatic hydroxyl groups excluding tert-OH is 1. The van der Waals surface area contributed by atoms with Crippen molar-refractivity contribution < 1.29 is 24.3 Å². The average molecular weight is 477 g/mol. The number of hydrogen-bond donors (Lipinski definition) is 5. The first kappa shape index (κ1) is 24.7. The van der Waals surface area contributed by atoms with Crippen molar-refractivity contribution in [1.82, 2.24) is 20.9 Å². The zero-order chi connectivity index (χ0) is 24.0. The topological polar surface area (TPSA) is 140 Å². The molecule has 178 valence electrons. The van der Waals surface area contributed by atoms with E-state index in [4.69, 9.17) is 16.7 Å². The number of nitrogens with one attached hydrogen (secondary N) is 4. The molecule has 33 heavy (non-hydrogen) atoms. The van der Waals surface area contributed by atoms with Gasteiger partial charge in [-0.25, -0.2) is 0 Å². The largest absolute Gasteiger partial charge is 0.389 e. The van der Waals surface area contributed by atoms with Crippen molar-refractivity contribution in [1.29, 1.82) is 0 Å². The number of fused-ring (bicyclic) bond motifs is 1. The van der Waals surface area contributed by atoms with Crippen LogP contribution < -0.4 is 16.0 Å². The predicted octanol–water partition coefficient (Wildman–Crippen LogP) is 1.54. The number of carbonyl (C=O) groups excluding carboxylic acids is 4. The van der Waals surface area contributed by atoms with Gasteiger partial charge in [0.05, 0.1) is 23.1 Å². The standard InChI is InChI=1S/C19H21ClN4O5.C4H8/c20-12-3-1-2-10-6-14(24-17(10)12)19(29)22-8-16(27)23-13(15(26)9-25)7-11-4-5-21-18(11)28;1-4-2-3-4/h1-3,6,11,13,24-25H,4-5,7-9H2,(H,21,28)(H,22,29)(H,23,27);4H,2-3H2,1H3/t11-,13-;/m0./s1. The number of carbonyl (C=O) groups is 4. The number of hydrogen-bond acceptors (Lipinski definition) is 5. The first-order valence-electron chi connectivity index (χ1n) is 11.0. The Kier molecular flexibility index (Phi) is 8.46. The van der Waals surface area contributed by atoms with Crippen LogP contribution in [0.15, 0.2) is 24.3 Å². The van der Waals surface area contributed by atoms with Crippen molar-refractivity contribution in [2.24, 2.45) is 11.8 Å². The van der Waals surface area contributed by atoms with E-state index in [1.807, 2.05) is 0 Å². The van der Waals surface area contributed by atoms with E-state index in [9.17, 15) is 19.2 Å². The van der Waals surface area contributed by atoms with Crippen molar-refractivity contribution in [3.8, 4) is 0 Å². The van der Waals surface area contributed by atoms with Crippen LogP contribution in [0.1, 0.15) is 43.1 Å². The summed E-state index contributed by atoms with van der Waals surface area (Å²) in [6.45, 7) is 1.68. The molecule has 10 heteroatoms. The molecule has 3 amide bonds. The third kappa shape index (κ3) is 7.03. The summed E-state index contributed by atoms with van der Waals surface area (Å²) >= 11 is 6.08. The number of Topliss-reactive ketones (excluding diaryl/α,β-unsaturated/α-hetero) is 1. The number of aromatic nitrogens is 1. The summed E-state index contributed by atoms with van der Waals surface area (Å²) < 4.78 is 0. The maximum Gasteiger partial charge on any atom is 0.268 e. The van der Waals surface area contributed by atoms with E-state index in [1.54, 1.807) is 24.3 Å². The number of aliphatic hydroxyl groups is 1. The molecular weight excluding hydrogens is 448 g/mol. The molecule has 9 nitrogen and oxygen atoms in total. The Morgan fingerprint density at radius 2 is 1.97 bits per heavy atom. The lowest BCUT2D eigenvalue weighted by atomic mass is 9.96. The van der Waals surface area contributed by atoms with E-state index >= 15 is 0 Å². The van der Waals surface area contributed by atoms with Gasteiger partial charge in [-0.1, -0.05) is 43.5 Å². The van der Waals surface area contributed by atoms with Gasteiger partial charge in [-0.3, -0.25) is 19.2 Å². The minimum atomic E-state index is -0.995. The summed E-state index contributed by atoms with van der Waals surface area (Å²) in [6, 6.07) is 5.87. The van der Waals surface area contributed by atoms with Crippen LogP contribution in [0.4, 0.5) is 0 Å². The number of H-pyrrole nitrogens is 1. The molecule has 0 unspecified atom stereocenters. The zero-order valence-electron chi connectivity index (χ0n) is 18.4. The Labute approximate surface area is 196 Å². The predicted molar refractivity (Wildman–Crippen MR) is 124 cm³/mol. The molecule has 1 aliphatic carbocycles. The van der Waals surface area contributed by atoms with Gasteiger partial charge in [0.25, 0.3) is 5.91 Å². The van der Waals surface area contributed by atoms with Crippen molar-refractivity contribution in [3.63, 3.8) is 0 Å². The summed E-state index contributed by atoms with van der Waals surface area (Å²) in [5.74, 6) is -1.19. The van der Waals surface area contributed by atoms with E-state index in [1.165, 1.54) is 12.8 Å². The number of para-hydroxylation sites is 1. The smallest absolute Gasteiger partial charge is 0.268 e. The van der Waals surface area contributed by atoms with Gasteiger partial charge in [0, 0.05) is 17.8 Å². The van der Waals surface area contributed by atoms with Crippen LogP contribution >= 0.6 is 11.6 Å². The van der Waals surface area contributed by atoms with Gasteiger partial charge in [0.1, 0.15) is 12.3 Å². The fourth-order valence-corrected chi connectivity index (χ4v) is 3.67. The van der Waals surface area contributed by atoms with Gasteiger partial charge in [0.2, 0.25) is 11.8 Å². The number of benzene rings is 1. The molecule has 4 rings (SSSR count). The van der Waals surface area contributed by atoms with Crippen molar-refractivity contribution in [2.75, 3.05) is 19.7 Å². The lowest BCUT2D eigenvalue weighted by molar-refractivity contribution is -0.130. The fraction of sp³-hybridized carbons (Fsp3) is 0.478. The molecule has 0 bridgehead atoms. The molecule has 1 aromatic heterocycles. The number of halogens is 1. The van der Waals surface area contributed by atoms with Crippen LogP contribution in [0, 0.1) is 11.8 Å². The van der Waals surface area contributed by atoms with Gasteiger partial charge in [-0.15, -0.1) is 0 Å². The summed E-state index contributed by atoms with van der Waals surface area (Å²) in [5, 5.41) is 18.0. The number of amides is 3. The van der Waals surface area contributed by atoms with E-state index < -0.39 is 36.2 Å². The maximum absolute atomic E-state index is 12.3. The van der Waals surface area contributed by atoms with Gasteiger partial charge in [0.15, 0.2) is 5.78 Å². The monoisotopic (exact) mass is 476 g/mol. The Hall–Kier alpha value is -2.91. The van der Waals surface area contributed by atoms with Gasteiger partial charge in [-0.2, -0.15) is 0 Å². The van der Waals surface area contributed by atoms with Gasteiger partial charge in [-0.05, 0) is 30.9 Å². The molecule has 2 atom stereocenters. The second-order valence-corrected chi connectivity index (χ2v) is 8.92. The molecule has 0 spiro atoms. The lowest BCUT2D eigenvalue weighted by Crippen LogP contribution is -2.47. The van der Waals surface area contributed by atoms with Crippen LogP contribution in [-0.4, -0.2) is 59.3 Å². The average Bonchev–Trinajstić information content (AvgIpc) is 3.28. The second kappa shape index (κ2) is 11.3. The van der Waals surface area contributed by atoms with Crippen LogP contribution in [0.2, 0.25) is 5.02 Å². The minimum Gasteiger partial charge on any atom is -0.389 e. The first-order valence-corrected chi connectivity index (χ1v) is 11.4. The molecule has 2 fully saturated rings. The maximum atomic E-state index is 12.3. The van der Waals surface area contributed by atoms with E-state index in [2.05, 4.69) is 27.9 Å². The highest BCUT2D eigenvalue weighted by Crippen LogP contribution is 2.26. The number of rotatable bonds is 8. The van der Waals surface area contributed by atoms with Gasteiger partial charge < -0.3 is 26.0 Å². The lowest BCUT2D eigenvalue weighted by Gasteiger charge is -2.19. The van der Waals surface area contributed by atoms with Crippen LogP contribution in [0.25, 0.3) is 10.9 Å². The molecule has 1 saturated heterocycles. The SMILES string of the molecule is CC1CC1.O=C(CNC(=O)c1cc2cccc(Cl)c2[nH]1)N[C@@H](C[C@@H]1CCNC1=O)C(=O)CO. The second-order valence-electron chi connectivity index (χ2n) is 8.51. The Morgan fingerprint density at radius 1 is 1.24 bits per heavy atom. The third-order valence-electron chi connectivity index (χ3n) is 5.69. The molecule has 2 aliphatic rings. The van der Waals surface area contributed by atoms with Crippen LogP contribution in [0.3, 0.4) is 0 Å². The van der Waals surface area contributed by atoms with Crippen molar-refractivity contribution in [3.05, 3.63) is 35.0 Å². The molecular formula is C23H29ClN4O5. The minimum absolute atomic E-state index is 0.103. The Balaban J connectivity index is 0.000000690. The normalized spacial score (nSPS) is 18.2.